The van der Waals surface area contributed by atoms with Crippen LogP contribution in [0.3, 0.4) is 0 Å². The first kappa shape index (κ1) is 14.7. The minimum Gasteiger partial charge on any atom is -0.391 e. The Kier molecular flexibility index (Phi) is 5.16. The third-order valence-electron chi connectivity index (χ3n) is 4.38. The zero-order valence-electron chi connectivity index (χ0n) is 11.5. The number of hydrogen-bond acceptors (Lipinski definition) is 3. The Bertz CT molecular complexity index is 332. The maximum atomic E-state index is 12.4. The van der Waals surface area contributed by atoms with Gasteiger partial charge in [-0.1, -0.05) is 37.9 Å². The highest BCUT2D eigenvalue weighted by Gasteiger charge is 2.37. The molecule has 5 heteroatoms. The number of rotatable bonds is 3. The Morgan fingerprint density at radius 3 is 2.26 bits per heavy atom. The molecule has 0 aromatic carbocycles. The van der Waals surface area contributed by atoms with Gasteiger partial charge in [-0.3, -0.25) is 4.79 Å². The molecule has 1 saturated carbocycles. The molecule has 0 bridgehead atoms. The van der Waals surface area contributed by atoms with Gasteiger partial charge in [0.15, 0.2) is 0 Å². The van der Waals surface area contributed by atoms with Crippen molar-refractivity contribution in [2.24, 2.45) is 11.7 Å². The van der Waals surface area contributed by atoms with Crippen LogP contribution >= 0.6 is 12.2 Å². The standard InChI is InChI=1S/C14H24N2O2S/c15-13(19)14(7-3-1-2-4-8-14)16-12(17)11-5-9-18-10-6-11/h11H,1-10H2,(H2,15,19)(H,16,17). The van der Waals surface area contributed by atoms with Crippen molar-refractivity contribution in [3.63, 3.8) is 0 Å². The van der Waals surface area contributed by atoms with Crippen molar-refractivity contribution in [3.8, 4) is 0 Å². The molecule has 0 aromatic rings. The zero-order chi connectivity index (χ0) is 13.7. The van der Waals surface area contributed by atoms with Crippen molar-refractivity contribution >= 4 is 23.1 Å². The number of hydrogen-bond donors (Lipinski definition) is 2. The highest BCUT2D eigenvalue weighted by Crippen LogP contribution is 2.28. The topological polar surface area (TPSA) is 64.3 Å². The summed E-state index contributed by atoms with van der Waals surface area (Å²) in [6.07, 6.45) is 7.97. The van der Waals surface area contributed by atoms with Gasteiger partial charge in [-0.15, -0.1) is 0 Å². The van der Waals surface area contributed by atoms with E-state index in [0.717, 1.165) is 38.5 Å². The van der Waals surface area contributed by atoms with E-state index < -0.39 is 5.54 Å². The molecule has 1 aliphatic heterocycles. The smallest absolute Gasteiger partial charge is 0.224 e. The maximum Gasteiger partial charge on any atom is 0.224 e. The lowest BCUT2D eigenvalue weighted by molar-refractivity contribution is -0.129. The second-order valence-electron chi connectivity index (χ2n) is 5.74. The van der Waals surface area contributed by atoms with Gasteiger partial charge < -0.3 is 15.8 Å². The third-order valence-corrected chi connectivity index (χ3v) is 4.77. The summed E-state index contributed by atoms with van der Waals surface area (Å²) >= 11 is 5.25. The normalized spacial score (nSPS) is 24.4. The van der Waals surface area contributed by atoms with Crippen LogP contribution in [0.4, 0.5) is 0 Å². The lowest BCUT2D eigenvalue weighted by Gasteiger charge is -2.35. The van der Waals surface area contributed by atoms with Crippen molar-refractivity contribution in [2.45, 2.75) is 56.9 Å². The molecule has 2 fully saturated rings. The average Bonchev–Trinajstić information content (AvgIpc) is 2.66. The van der Waals surface area contributed by atoms with Gasteiger partial charge in [0.25, 0.3) is 0 Å². The molecular weight excluding hydrogens is 260 g/mol. The van der Waals surface area contributed by atoms with Crippen LogP contribution in [0.15, 0.2) is 0 Å². The van der Waals surface area contributed by atoms with Gasteiger partial charge in [0, 0.05) is 19.1 Å². The summed E-state index contributed by atoms with van der Waals surface area (Å²) in [6, 6.07) is 0. The molecule has 1 amide bonds. The molecular formula is C14H24N2O2S. The van der Waals surface area contributed by atoms with Crippen molar-refractivity contribution in [2.75, 3.05) is 13.2 Å². The van der Waals surface area contributed by atoms with Crippen LogP contribution in [-0.4, -0.2) is 29.6 Å². The SMILES string of the molecule is NC(=S)C1(NC(=O)C2CCOCC2)CCCCCC1. The second-order valence-corrected chi connectivity index (χ2v) is 6.18. The number of thiocarbonyl (C=S) groups is 1. The zero-order valence-corrected chi connectivity index (χ0v) is 12.3. The van der Waals surface area contributed by atoms with Crippen molar-refractivity contribution in [1.82, 2.24) is 5.32 Å². The predicted octanol–water partition coefficient (Wildman–Crippen LogP) is 1.91. The van der Waals surface area contributed by atoms with Crippen LogP contribution in [0.2, 0.25) is 0 Å². The molecule has 0 radical (unpaired) electrons. The largest absolute Gasteiger partial charge is 0.391 e. The Balaban J connectivity index is 2.02. The summed E-state index contributed by atoms with van der Waals surface area (Å²) in [5.41, 5.74) is 5.50. The molecule has 19 heavy (non-hydrogen) atoms. The quantitative estimate of drug-likeness (QED) is 0.614. The minimum atomic E-state index is -0.443. The summed E-state index contributed by atoms with van der Waals surface area (Å²) in [5, 5.41) is 3.18. The number of nitrogens with one attached hydrogen (secondary N) is 1. The third kappa shape index (κ3) is 3.66. The van der Waals surface area contributed by atoms with Crippen LogP contribution in [0, 0.1) is 5.92 Å². The monoisotopic (exact) mass is 284 g/mol. The number of amides is 1. The van der Waals surface area contributed by atoms with Gasteiger partial charge in [0.05, 0.1) is 10.5 Å². The molecule has 2 aliphatic rings. The fourth-order valence-corrected chi connectivity index (χ4v) is 3.32. The molecule has 0 aromatic heterocycles. The van der Waals surface area contributed by atoms with E-state index in [-0.39, 0.29) is 11.8 Å². The second kappa shape index (κ2) is 6.66. The van der Waals surface area contributed by atoms with Crippen LogP contribution in [0.1, 0.15) is 51.4 Å². The van der Waals surface area contributed by atoms with Crippen molar-refractivity contribution in [3.05, 3.63) is 0 Å². The average molecular weight is 284 g/mol. The first-order valence-corrected chi connectivity index (χ1v) is 7.74. The van der Waals surface area contributed by atoms with Crippen LogP contribution < -0.4 is 11.1 Å². The molecule has 1 heterocycles. The lowest BCUT2D eigenvalue weighted by Crippen LogP contribution is -2.58. The van der Waals surface area contributed by atoms with Gasteiger partial charge in [-0.2, -0.15) is 0 Å². The highest BCUT2D eigenvalue weighted by atomic mass is 32.1. The Morgan fingerprint density at radius 1 is 1.16 bits per heavy atom. The Morgan fingerprint density at radius 2 is 1.74 bits per heavy atom. The van der Waals surface area contributed by atoms with Gasteiger partial charge in [0.2, 0.25) is 5.91 Å². The van der Waals surface area contributed by atoms with Gasteiger partial charge in [-0.25, -0.2) is 0 Å². The molecule has 4 nitrogen and oxygen atoms in total. The van der Waals surface area contributed by atoms with Gasteiger partial charge >= 0.3 is 0 Å². The molecule has 1 saturated heterocycles. The first-order valence-electron chi connectivity index (χ1n) is 7.34. The van der Waals surface area contributed by atoms with Gasteiger partial charge in [0.1, 0.15) is 0 Å². The molecule has 0 spiro atoms. The van der Waals surface area contributed by atoms with E-state index in [1.165, 1.54) is 12.8 Å². The van der Waals surface area contributed by atoms with Crippen molar-refractivity contribution < 1.29 is 9.53 Å². The summed E-state index contributed by atoms with van der Waals surface area (Å²) in [7, 11) is 0. The summed E-state index contributed by atoms with van der Waals surface area (Å²) in [4.78, 5) is 12.9. The van der Waals surface area contributed by atoms with E-state index in [1.807, 2.05) is 0 Å². The number of ether oxygens (including phenoxy) is 1. The molecule has 1 aliphatic carbocycles. The van der Waals surface area contributed by atoms with E-state index in [9.17, 15) is 4.79 Å². The molecule has 0 unspecified atom stereocenters. The first-order chi connectivity index (χ1) is 9.14. The van der Waals surface area contributed by atoms with Gasteiger partial charge in [-0.05, 0) is 25.7 Å². The number of carbonyl (C=O) groups is 1. The summed E-state index contributed by atoms with van der Waals surface area (Å²) < 4.78 is 5.30. The van der Waals surface area contributed by atoms with E-state index in [2.05, 4.69) is 5.32 Å². The highest BCUT2D eigenvalue weighted by molar-refractivity contribution is 7.80. The molecule has 108 valence electrons. The minimum absolute atomic E-state index is 0.0585. The van der Waals surface area contributed by atoms with E-state index in [1.54, 1.807) is 0 Å². The fraction of sp³-hybridized carbons (Fsp3) is 0.857. The van der Waals surface area contributed by atoms with Crippen LogP contribution in [0.5, 0.6) is 0 Å². The van der Waals surface area contributed by atoms with Crippen molar-refractivity contribution in [1.29, 1.82) is 0 Å². The van der Waals surface area contributed by atoms with Crippen LogP contribution in [-0.2, 0) is 9.53 Å². The molecule has 2 rings (SSSR count). The maximum absolute atomic E-state index is 12.4. The predicted molar refractivity (Wildman–Crippen MR) is 78.9 cm³/mol. The van der Waals surface area contributed by atoms with E-state index in [4.69, 9.17) is 22.7 Å². The molecule has 3 N–H and O–H groups in total. The molecule has 0 atom stereocenters. The Labute approximate surface area is 120 Å². The fourth-order valence-electron chi connectivity index (χ4n) is 3.06. The number of carbonyl (C=O) groups excluding carboxylic acids is 1. The summed E-state index contributed by atoms with van der Waals surface area (Å²) in [5.74, 6) is 0.168. The number of nitrogens with two attached hydrogens (primary N) is 1. The Hall–Kier alpha value is -0.680. The van der Waals surface area contributed by atoms with E-state index in [0.29, 0.717) is 18.2 Å². The summed E-state index contributed by atoms with van der Waals surface area (Å²) in [6.45, 7) is 1.36. The van der Waals surface area contributed by atoms with Crippen LogP contribution in [0.25, 0.3) is 0 Å². The lowest BCUT2D eigenvalue weighted by atomic mass is 9.88. The van der Waals surface area contributed by atoms with E-state index >= 15 is 0 Å².